The maximum Gasteiger partial charge on any atom is 0.358 e. The van der Waals surface area contributed by atoms with Crippen LogP contribution in [0.15, 0.2) is 12.2 Å². The summed E-state index contributed by atoms with van der Waals surface area (Å²) in [5.41, 5.74) is 1.11. The molecule has 14 heavy (non-hydrogen) atoms. The molecule has 0 heterocycles. The fourth-order valence-corrected chi connectivity index (χ4v) is 0.939. The largest absolute Gasteiger partial charge is 0.463 e. The highest BCUT2D eigenvalue weighted by Crippen LogP contribution is 2.27. The molecule has 0 aliphatic carbocycles. The lowest BCUT2D eigenvalue weighted by atomic mass is 10.1. The van der Waals surface area contributed by atoms with Crippen LogP contribution in [0.2, 0.25) is 0 Å². The first kappa shape index (κ1) is 14.1. The van der Waals surface area contributed by atoms with E-state index in [0.29, 0.717) is 0 Å². The van der Waals surface area contributed by atoms with Crippen LogP contribution in [0.1, 0.15) is 26.2 Å². The van der Waals surface area contributed by atoms with Gasteiger partial charge >= 0.3 is 5.97 Å². The lowest BCUT2D eigenvalue weighted by Crippen LogP contribution is -2.22. The molecule has 0 amide bonds. The predicted molar refractivity (Wildman–Crippen MR) is 59.9 cm³/mol. The Kier molecular flexibility index (Phi) is 6.58. The van der Waals surface area contributed by atoms with Gasteiger partial charge in [-0.3, -0.25) is 0 Å². The van der Waals surface area contributed by atoms with Gasteiger partial charge in [-0.1, -0.05) is 40.4 Å². The summed E-state index contributed by atoms with van der Waals surface area (Å²) in [7, 11) is 0. The molecule has 0 atom stereocenters. The van der Waals surface area contributed by atoms with E-state index in [-0.39, 0.29) is 6.61 Å². The second kappa shape index (κ2) is 6.54. The van der Waals surface area contributed by atoms with Crippen LogP contribution >= 0.6 is 34.8 Å². The zero-order valence-corrected chi connectivity index (χ0v) is 10.3. The van der Waals surface area contributed by atoms with Crippen molar-refractivity contribution >= 4 is 40.8 Å². The fourth-order valence-electron chi connectivity index (χ4n) is 0.776. The molecule has 0 aliphatic rings. The molecule has 0 aromatic heterocycles. The average molecular weight is 260 g/mol. The van der Waals surface area contributed by atoms with Crippen LogP contribution in [0.25, 0.3) is 0 Å². The van der Waals surface area contributed by atoms with E-state index in [1.807, 2.05) is 6.92 Å². The van der Waals surface area contributed by atoms with Gasteiger partial charge in [-0.2, -0.15) is 0 Å². The smallest absolute Gasteiger partial charge is 0.358 e. The molecule has 0 N–H and O–H groups in total. The Morgan fingerprint density at radius 2 is 1.93 bits per heavy atom. The van der Waals surface area contributed by atoms with Gasteiger partial charge in [0.15, 0.2) is 0 Å². The molecule has 0 unspecified atom stereocenters. The zero-order valence-electron chi connectivity index (χ0n) is 7.99. The molecule has 0 spiro atoms. The summed E-state index contributed by atoms with van der Waals surface area (Å²) in [6.45, 7) is 5.99. The molecular formula is C9H13Cl3O2. The number of ether oxygens (including phenoxy) is 1. The van der Waals surface area contributed by atoms with Crippen molar-refractivity contribution in [3.63, 3.8) is 0 Å². The molecule has 0 bridgehead atoms. The quantitative estimate of drug-likeness (QED) is 0.326. The predicted octanol–water partition coefficient (Wildman–Crippen LogP) is 3.65. The van der Waals surface area contributed by atoms with Gasteiger partial charge in [-0.05, 0) is 26.2 Å². The van der Waals surface area contributed by atoms with Crippen molar-refractivity contribution in [1.82, 2.24) is 0 Å². The van der Waals surface area contributed by atoms with Crippen LogP contribution in [0.3, 0.4) is 0 Å². The number of allylic oxidation sites excluding steroid dienone is 1. The highest BCUT2D eigenvalue weighted by atomic mass is 35.6. The van der Waals surface area contributed by atoms with E-state index in [2.05, 4.69) is 6.58 Å². The van der Waals surface area contributed by atoms with Crippen molar-refractivity contribution in [3.05, 3.63) is 12.2 Å². The first-order chi connectivity index (χ1) is 6.34. The van der Waals surface area contributed by atoms with Crippen molar-refractivity contribution in [2.24, 2.45) is 0 Å². The van der Waals surface area contributed by atoms with Crippen molar-refractivity contribution in [3.8, 4) is 0 Å². The van der Waals surface area contributed by atoms with Gasteiger partial charge in [0.25, 0.3) is 3.79 Å². The summed E-state index contributed by atoms with van der Waals surface area (Å²) < 4.78 is 2.76. The van der Waals surface area contributed by atoms with Crippen LogP contribution in [0.4, 0.5) is 0 Å². The number of halogens is 3. The van der Waals surface area contributed by atoms with E-state index in [1.165, 1.54) is 0 Å². The lowest BCUT2D eigenvalue weighted by Gasteiger charge is -2.10. The topological polar surface area (TPSA) is 26.3 Å². The Morgan fingerprint density at radius 3 is 2.36 bits per heavy atom. The number of esters is 1. The van der Waals surface area contributed by atoms with Crippen LogP contribution in [0.5, 0.6) is 0 Å². The molecule has 2 nitrogen and oxygen atoms in total. The van der Waals surface area contributed by atoms with Crippen molar-refractivity contribution in [2.75, 3.05) is 6.61 Å². The van der Waals surface area contributed by atoms with E-state index in [0.717, 1.165) is 24.8 Å². The lowest BCUT2D eigenvalue weighted by molar-refractivity contribution is -0.142. The van der Waals surface area contributed by atoms with E-state index in [1.54, 1.807) is 0 Å². The minimum absolute atomic E-state index is 0.278. The molecule has 0 aromatic carbocycles. The summed E-state index contributed by atoms with van der Waals surface area (Å²) in [5.74, 6) is -0.821. The molecule has 0 aliphatic heterocycles. The maximum absolute atomic E-state index is 10.9. The highest BCUT2D eigenvalue weighted by molar-refractivity contribution is 6.75. The summed E-state index contributed by atoms with van der Waals surface area (Å²) in [4.78, 5) is 10.9. The number of unbranched alkanes of at least 4 members (excludes halogenated alkanes) is 1. The van der Waals surface area contributed by atoms with Crippen LogP contribution in [-0.4, -0.2) is 16.4 Å². The van der Waals surface area contributed by atoms with E-state index in [4.69, 9.17) is 39.5 Å². The Morgan fingerprint density at radius 1 is 1.36 bits per heavy atom. The van der Waals surface area contributed by atoms with Gasteiger partial charge in [-0.15, -0.1) is 6.58 Å². The maximum atomic E-state index is 10.9. The average Bonchev–Trinajstić information content (AvgIpc) is 2.01. The Hall–Kier alpha value is 0.0800. The molecule has 0 rings (SSSR count). The minimum Gasteiger partial charge on any atom is -0.463 e. The van der Waals surface area contributed by atoms with Crippen molar-refractivity contribution < 1.29 is 9.53 Å². The molecule has 0 radical (unpaired) electrons. The number of carbonyl (C=O) groups is 1. The normalized spacial score (nSPS) is 11.1. The molecule has 0 fully saturated rings. The zero-order chi connectivity index (χ0) is 11.2. The van der Waals surface area contributed by atoms with Crippen molar-refractivity contribution in [1.29, 1.82) is 0 Å². The first-order valence-electron chi connectivity index (χ1n) is 4.22. The number of carbonyl (C=O) groups excluding carboxylic acids is 1. The monoisotopic (exact) mass is 258 g/mol. The highest BCUT2D eigenvalue weighted by Gasteiger charge is 2.32. The summed E-state index contributed by atoms with van der Waals surface area (Å²) in [6.07, 6.45) is 2.59. The van der Waals surface area contributed by atoms with Gasteiger partial charge in [0.1, 0.15) is 0 Å². The Labute approximate surface area is 99.2 Å². The third-order valence-electron chi connectivity index (χ3n) is 1.46. The molecule has 0 aromatic rings. The number of hydrogen-bond donors (Lipinski definition) is 0. The standard InChI is InChI=1S/C9H13Cl3O2/c1-7(2)5-3-4-6-14-8(13)9(10,11)12/h1,3-6H2,2H3. The van der Waals surface area contributed by atoms with Crippen LogP contribution in [0, 0.1) is 0 Å². The Bertz CT molecular complexity index is 209. The van der Waals surface area contributed by atoms with E-state index in [9.17, 15) is 4.79 Å². The second-order valence-electron chi connectivity index (χ2n) is 3.05. The fraction of sp³-hybridized carbons (Fsp3) is 0.667. The van der Waals surface area contributed by atoms with E-state index < -0.39 is 9.76 Å². The molecule has 0 saturated carbocycles. The number of hydrogen-bond acceptors (Lipinski definition) is 2. The minimum atomic E-state index is -1.96. The molecule has 0 saturated heterocycles. The third-order valence-corrected chi connectivity index (χ3v) is 1.93. The SMILES string of the molecule is C=C(C)CCCCOC(=O)C(Cl)(Cl)Cl. The molecule has 82 valence electrons. The van der Waals surface area contributed by atoms with Gasteiger partial charge in [0, 0.05) is 0 Å². The van der Waals surface area contributed by atoms with Gasteiger partial charge in [0.2, 0.25) is 0 Å². The first-order valence-corrected chi connectivity index (χ1v) is 5.35. The number of alkyl halides is 3. The van der Waals surface area contributed by atoms with Gasteiger partial charge in [-0.25, -0.2) is 4.79 Å². The third kappa shape index (κ3) is 7.48. The second-order valence-corrected chi connectivity index (χ2v) is 5.33. The van der Waals surface area contributed by atoms with Crippen LogP contribution < -0.4 is 0 Å². The van der Waals surface area contributed by atoms with Crippen molar-refractivity contribution in [2.45, 2.75) is 30.0 Å². The summed E-state index contributed by atoms with van der Waals surface area (Å²) in [5, 5.41) is 0. The van der Waals surface area contributed by atoms with Crippen LogP contribution in [-0.2, 0) is 9.53 Å². The number of rotatable bonds is 5. The Balaban J connectivity index is 3.46. The molecule has 5 heteroatoms. The van der Waals surface area contributed by atoms with E-state index >= 15 is 0 Å². The van der Waals surface area contributed by atoms with Gasteiger partial charge < -0.3 is 4.74 Å². The molecular weight excluding hydrogens is 246 g/mol. The summed E-state index contributed by atoms with van der Waals surface area (Å²) in [6, 6.07) is 0. The summed E-state index contributed by atoms with van der Waals surface area (Å²) >= 11 is 15.9. The van der Waals surface area contributed by atoms with Gasteiger partial charge in [0.05, 0.1) is 6.61 Å².